The normalized spacial score (nSPS) is 16.5. The zero-order chi connectivity index (χ0) is 16.3. The standard InChI is InChI=1S/C16H22FIN2O2/c1-16(2,3)22-15(21)20-8-6-12(7-9-20)19-14-5-4-11(17)10-13(14)18/h4-5,10,12,19H,6-9H2,1-3H3. The molecule has 1 aromatic carbocycles. The third-order valence-electron chi connectivity index (χ3n) is 3.44. The molecule has 1 N–H and O–H groups in total. The number of rotatable bonds is 2. The van der Waals surface area contributed by atoms with Crippen molar-refractivity contribution >= 4 is 34.4 Å². The minimum Gasteiger partial charge on any atom is -0.444 e. The van der Waals surface area contributed by atoms with Gasteiger partial charge in [0.05, 0.1) is 0 Å². The monoisotopic (exact) mass is 420 g/mol. The van der Waals surface area contributed by atoms with Crippen LogP contribution in [-0.4, -0.2) is 35.7 Å². The van der Waals surface area contributed by atoms with Crippen molar-refractivity contribution in [2.45, 2.75) is 45.3 Å². The average molecular weight is 420 g/mol. The highest BCUT2D eigenvalue weighted by atomic mass is 127. The van der Waals surface area contributed by atoms with Crippen LogP contribution in [0.1, 0.15) is 33.6 Å². The third kappa shape index (κ3) is 5.00. The quantitative estimate of drug-likeness (QED) is 0.728. The van der Waals surface area contributed by atoms with Gasteiger partial charge in [0.2, 0.25) is 0 Å². The number of amides is 1. The number of halogens is 2. The van der Waals surface area contributed by atoms with E-state index in [1.807, 2.05) is 20.8 Å². The Morgan fingerprint density at radius 1 is 1.36 bits per heavy atom. The number of hydrogen-bond donors (Lipinski definition) is 1. The molecule has 6 heteroatoms. The summed E-state index contributed by atoms with van der Waals surface area (Å²) in [6, 6.07) is 5.02. The molecular formula is C16H22FIN2O2. The molecule has 0 bridgehead atoms. The van der Waals surface area contributed by atoms with Crippen LogP contribution in [-0.2, 0) is 4.74 Å². The zero-order valence-corrected chi connectivity index (χ0v) is 15.3. The Labute approximate surface area is 144 Å². The van der Waals surface area contributed by atoms with Gasteiger partial charge in [0.15, 0.2) is 0 Å². The van der Waals surface area contributed by atoms with E-state index >= 15 is 0 Å². The second-order valence-electron chi connectivity index (χ2n) is 6.51. The van der Waals surface area contributed by atoms with Crippen molar-refractivity contribution in [2.75, 3.05) is 18.4 Å². The summed E-state index contributed by atoms with van der Waals surface area (Å²) in [7, 11) is 0. The topological polar surface area (TPSA) is 41.6 Å². The van der Waals surface area contributed by atoms with Gasteiger partial charge in [-0.15, -0.1) is 0 Å². The van der Waals surface area contributed by atoms with Crippen molar-refractivity contribution in [3.8, 4) is 0 Å². The predicted octanol–water partition coefficient (Wildman–Crippen LogP) is 4.24. The molecule has 122 valence electrons. The minimum absolute atomic E-state index is 0.227. The van der Waals surface area contributed by atoms with E-state index < -0.39 is 5.60 Å². The summed E-state index contributed by atoms with van der Waals surface area (Å²) in [5, 5.41) is 3.43. The Morgan fingerprint density at radius 2 is 2.00 bits per heavy atom. The van der Waals surface area contributed by atoms with Gasteiger partial charge in [0.1, 0.15) is 11.4 Å². The first kappa shape index (κ1) is 17.3. The van der Waals surface area contributed by atoms with Gasteiger partial charge in [-0.2, -0.15) is 0 Å². The Morgan fingerprint density at radius 3 is 2.55 bits per heavy atom. The largest absolute Gasteiger partial charge is 0.444 e. The number of likely N-dealkylation sites (tertiary alicyclic amines) is 1. The van der Waals surface area contributed by atoms with E-state index in [0.717, 1.165) is 22.1 Å². The van der Waals surface area contributed by atoms with Crippen LogP contribution in [0.15, 0.2) is 18.2 Å². The number of carbonyl (C=O) groups excluding carboxylic acids is 1. The summed E-state index contributed by atoms with van der Waals surface area (Å²) >= 11 is 2.12. The van der Waals surface area contributed by atoms with Crippen molar-refractivity contribution in [1.82, 2.24) is 4.90 Å². The summed E-state index contributed by atoms with van der Waals surface area (Å²) in [6.07, 6.45) is 1.46. The number of nitrogens with zero attached hydrogens (tertiary/aromatic N) is 1. The van der Waals surface area contributed by atoms with Gasteiger partial charge in [-0.25, -0.2) is 9.18 Å². The van der Waals surface area contributed by atoms with Gasteiger partial charge in [-0.05, 0) is 74.4 Å². The molecule has 0 saturated carbocycles. The molecule has 1 fully saturated rings. The van der Waals surface area contributed by atoms with Crippen LogP contribution >= 0.6 is 22.6 Å². The van der Waals surface area contributed by atoms with Crippen LogP contribution < -0.4 is 5.32 Å². The zero-order valence-electron chi connectivity index (χ0n) is 13.2. The molecule has 0 spiro atoms. The van der Waals surface area contributed by atoms with Gasteiger partial charge in [0.25, 0.3) is 0 Å². The molecule has 0 aliphatic carbocycles. The first-order valence-corrected chi connectivity index (χ1v) is 8.52. The molecule has 0 unspecified atom stereocenters. The van der Waals surface area contributed by atoms with Crippen molar-refractivity contribution in [3.63, 3.8) is 0 Å². The van der Waals surface area contributed by atoms with Crippen LogP contribution in [0, 0.1) is 9.39 Å². The molecule has 1 amide bonds. The number of piperidine rings is 1. The lowest BCUT2D eigenvalue weighted by Gasteiger charge is -2.34. The number of ether oxygens (including phenoxy) is 1. The number of hydrogen-bond acceptors (Lipinski definition) is 3. The van der Waals surface area contributed by atoms with Crippen LogP contribution in [0.25, 0.3) is 0 Å². The van der Waals surface area contributed by atoms with E-state index in [1.165, 1.54) is 12.1 Å². The van der Waals surface area contributed by atoms with Crippen LogP contribution in [0.2, 0.25) is 0 Å². The highest BCUT2D eigenvalue weighted by Gasteiger charge is 2.26. The number of benzene rings is 1. The maximum Gasteiger partial charge on any atom is 0.410 e. The number of nitrogens with one attached hydrogen (secondary N) is 1. The van der Waals surface area contributed by atoms with E-state index in [-0.39, 0.29) is 18.0 Å². The highest BCUT2D eigenvalue weighted by molar-refractivity contribution is 14.1. The van der Waals surface area contributed by atoms with Gasteiger partial charge in [-0.3, -0.25) is 0 Å². The first-order valence-electron chi connectivity index (χ1n) is 7.44. The Hall–Kier alpha value is -1.05. The van der Waals surface area contributed by atoms with E-state index in [2.05, 4.69) is 27.9 Å². The molecule has 0 atom stereocenters. The molecule has 2 rings (SSSR count). The Kier molecular flexibility index (Phi) is 5.52. The van der Waals surface area contributed by atoms with Crippen molar-refractivity contribution in [3.05, 3.63) is 27.6 Å². The lowest BCUT2D eigenvalue weighted by atomic mass is 10.0. The molecule has 1 aromatic rings. The van der Waals surface area contributed by atoms with Crippen molar-refractivity contribution in [2.24, 2.45) is 0 Å². The van der Waals surface area contributed by atoms with Gasteiger partial charge in [0, 0.05) is 28.4 Å². The maximum absolute atomic E-state index is 13.1. The van der Waals surface area contributed by atoms with Crippen molar-refractivity contribution < 1.29 is 13.9 Å². The van der Waals surface area contributed by atoms with E-state index in [9.17, 15) is 9.18 Å². The van der Waals surface area contributed by atoms with Gasteiger partial charge < -0.3 is 15.0 Å². The van der Waals surface area contributed by atoms with Gasteiger partial charge >= 0.3 is 6.09 Å². The SMILES string of the molecule is CC(C)(C)OC(=O)N1CCC(Nc2ccc(F)cc2I)CC1. The summed E-state index contributed by atoms with van der Waals surface area (Å²) in [5.74, 6) is -0.227. The van der Waals surface area contributed by atoms with E-state index in [1.54, 1.807) is 11.0 Å². The van der Waals surface area contributed by atoms with Crippen molar-refractivity contribution in [1.29, 1.82) is 0 Å². The van der Waals surface area contributed by atoms with Crippen LogP contribution in [0.3, 0.4) is 0 Å². The second kappa shape index (κ2) is 7.02. The average Bonchev–Trinajstić information content (AvgIpc) is 2.41. The lowest BCUT2D eigenvalue weighted by Crippen LogP contribution is -2.44. The smallest absolute Gasteiger partial charge is 0.410 e. The molecule has 1 aliphatic rings. The number of carbonyl (C=O) groups is 1. The fourth-order valence-corrected chi connectivity index (χ4v) is 2.99. The molecule has 1 aliphatic heterocycles. The Bertz CT molecular complexity index is 537. The predicted molar refractivity (Wildman–Crippen MR) is 93.6 cm³/mol. The van der Waals surface area contributed by atoms with Gasteiger partial charge in [-0.1, -0.05) is 0 Å². The maximum atomic E-state index is 13.1. The molecule has 4 nitrogen and oxygen atoms in total. The fraction of sp³-hybridized carbons (Fsp3) is 0.562. The molecule has 0 radical (unpaired) electrons. The second-order valence-corrected chi connectivity index (χ2v) is 7.67. The highest BCUT2D eigenvalue weighted by Crippen LogP contribution is 2.23. The van der Waals surface area contributed by atoms with Crippen LogP contribution in [0.5, 0.6) is 0 Å². The summed E-state index contributed by atoms with van der Waals surface area (Å²) < 4.78 is 19.4. The van der Waals surface area contributed by atoms with E-state index in [0.29, 0.717) is 13.1 Å². The van der Waals surface area contributed by atoms with Crippen LogP contribution in [0.4, 0.5) is 14.9 Å². The molecule has 1 saturated heterocycles. The molecule has 0 aromatic heterocycles. The first-order chi connectivity index (χ1) is 10.2. The minimum atomic E-state index is -0.462. The fourth-order valence-electron chi connectivity index (χ4n) is 2.36. The lowest BCUT2D eigenvalue weighted by molar-refractivity contribution is 0.0210. The Balaban J connectivity index is 1.86. The van der Waals surface area contributed by atoms with E-state index in [4.69, 9.17) is 4.74 Å². The summed E-state index contributed by atoms with van der Waals surface area (Å²) in [4.78, 5) is 13.8. The molecular weight excluding hydrogens is 398 g/mol. The third-order valence-corrected chi connectivity index (χ3v) is 4.33. The molecule has 22 heavy (non-hydrogen) atoms. The number of anilines is 1. The summed E-state index contributed by atoms with van der Waals surface area (Å²) in [5.41, 5.74) is 0.480. The summed E-state index contributed by atoms with van der Waals surface area (Å²) in [6.45, 7) is 6.95. The molecule has 1 heterocycles.